The van der Waals surface area contributed by atoms with Crippen molar-refractivity contribution in [2.75, 3.05) is 19.6 Å². The number of para-hydroxylation sites is 1. The zero-order valence-corrected chi connectivity index (χ0v) is 14.9. The molecule has 4 nitrogen and oxygen atoms in total. The molecule has 24 heavy (non-hydrogen) atoms. The molecule has 2 aliphatic rings. The normalized spacial score (nSPS) is 25.6. The van der Waals surface area contributed by atoms with Crippen molar-refractivity contribution >= 4 is 0 Å². The molecule has 0 aliphatic carbocycles. The van der Waals surface area contributed by atoms with Gasteiger partial charge in [0.1, 0.15) is 0 Å². The van der Waals surface area contributed by atoms with Crippen molar-refractivity contribution in [3.8, 4) is 5.69 Å². The van der Waals surface area contributed by atoms with Gasteiger partial charge in [-0.15, -0.1) is 0 Å². The number of likely N-dealkylation sites (tertiary alicyclic amines) is 2. The highest BCUT2D eigenvalue weighted by Gasteiger charge is 2.33. The summed E-state index contributed by atoms with van der Waals surface area (Å²) >= 11 is 0. The third kappa shape index (κ3) is 3.13. The molecule has 0 amide bonds. The molecule has 1 aromatic carbocycles. The summed E-state index contributed by atoms with van der Waals surface area (Å²) in [6, 6.07) is 9.85. The van der Waals surface area contributed by atoms with Gasteiger partial charge in [-0.05, 0) is 57.8 Å². The highest BCUT2D eigenvalue weighted by Crippen LogP contribution is 2.26. The lowest BCUT2D eigenvalue weighted by molar-refractivity contribution is 0.221. The van der Waals surface area contributed by atoms with Crippen LogP contribution in [-0.4, -0.2) is 51.3 Å². The van der Waals surface area contributed by atoms with E-state index in [4.69, 9.17) is 0 Å². The van der Waals surface area contributed by atoms with Gasteiger partial charge < -0.3 is 0 Å². The maximum atomic E-state index is 4.59. The van der Waals surface area contributed by atoms with Gasteiger partial charge in [0, 0.05) is 36.9 Å². The van der Waals surface area contributed by atoms with E-state index in [0.717, 1.165) is 12.6 Å². The Bertz CT molecular complexity index is 686. The largest absolute Gasteiger partial charge is 0.299 e. The molecule has 2 saturated heterocycles. The Balaban J connectivity index is 1.43. The average molecular weight is 324 g/mol. The fourth-order valence-corrected chi connectivity index (χ4v) is 4.29. The van der Waals surface area contributed by atoms with Crippen LogP contribution in [0.3, 0.4) is 0 Å². The molecule has 2 fully saturated rings. The van der Waals surface area contributed by atoms with E-state index in [9.17, 15) is 0 Å². The van der Waals surface area contributed by atoms with Crippen LogP contribution in [0.15, 0.2) is 36.7 Å². The van der Waals surface area contributed by atoms with Gasteiger partial charge in [0.05, 0.1) is 11.9 Å². The minimum atomic E-state index is 0.664. The Morgan fingerprint density at radius 2 is 1.96 bits per heavy atom. The van der Waals surface area contributed by atoms with Crippen LogP contribution in [0.1, 0.15) is 37.3 Å². The third-order valence-corrected chi connectivity index (χ3v) is 5.72. The SMILES string of the molecule is Cc1ccccc1-n1cc(CN2CC(N3CCCC3)CC2C)cn1. The first-order valence-electron chi connectivity index (χ1n) is 9.28. The molecule has 2 aliphatic heterocycles. The second kappa shape index (κ2) is 6.69. The van der Waals surface area contributed by atoms with E-state index in [2.05, 4.69) is 59.2 Å². The van der Waals surface area contributed by atoms with Crippen molar-refractivity contribution in [2.45, 2.75) is 51.7 Å². The van der Waals surface area contributed by atoms with Gasteiger partial charge in [-0.2, -0.15) is 5.10 Å². The highest BCUT2D eigenvalue weighted by molar-refractivity contribution is 5.39. The van der Waals surface area contributed by atoms with Gasteiger partial charge >= 0.3 is 0 Å². The standard InChI is InChI=1S/C20H28N4/c1-16-7-3-4-8-20(16)24-14-18(12-21-24)13-23-15-19(11-17(23)2)22-9-5-6-10-22/h3-4,7-8,12,14,17,19H,5-6,9-11,13,15H2,1-2H3. The summed E-state index contributed by atoms with van der Waals surface area (Å²) in [6.45, 7) is 9.34. The number of hydrogen-bond donors (Lipinski definition) is 0. The van der Waals surface area contributed by atoms with E-state index < -0.39 is 0 Å². The summed E-state index contributed by atoms with van der Waals surface area (Å²) in [5.74, 6) is 0. The lowest BCUT2D eigenvalue weighted by Gasteiger charge is -2.23. The molecule has 4 heteroatoms. The van der Waals surface area contributed by atoms with Crippen LogP contribution in [-0.2, 0) is 6.54 Å². The van der Waals surface area contributed by atoms with E-state index >= 15 is 0 Å². The van der Waals surface area contributed by atoms with E-state index in [-0.39, 0.29) is 0 Å². The Hall–Kier alpha value is -1.65. The van der Waals surface area contributed by atoms with Crippen LogP contribution >= 0.6 is 0 Å². The van der Waals surface area contributed by atoms with Crippen LogP contribution < -0.4 is 0 Å². The second-order valence-electron chi connectivity index (χ2n) is 7.49. The fourth-order valence-electron chi connectivity index (χ4n) is 4.29. The predicted molar refractivity (Wildman–Crippen MR) is 97.4 cm³/mol. The van der Waals surface area contributed by atoms with Gasteiger partial charge in [0.25, 0.3) is 0 Å². The van der Waals surface area contributed by atoms with Crippen molar-refractivity contribution in [3.05, 3.63) is 47.8 Å². The van der Waals surface area contributed by atoms with Gasteiger partial charge in [0.15, 0.2) is 0 Å². The van der Waals surface area contributed by atoms with E-state index in [1.165, 1.54) is 55.7 Å². The molecule has 4 rings (SSSR count). The summed E-state index contributed by atoms with van der Waals surface area (Å²) in [4.78, 5) is 5.33. The highest BCUT2D eigenvalue weighted by atomic mass is 15.3. The first-order valence-corrected chi connectivity index (χ1v) is 9.28. The molecular formula is C20H28N4. The van der Waals surface area contributed by atoms with E-state index in [1.807, 2.05) is 10.9 Å². The smallest absolute Gasteiger partial charge is 0.0674 e. The summed E-state index contributed by atoms with van der Waals surface area (Å²) < 4.78 is 2.02. The molecule has 0 radical (unpaired) electrons. The minimum absolute atomic E-state index is 0.664. The van der Waals surface area contributed by atoms with Crippen molar-refractivity contribution in [3.63, 3.8) is 0 Å². The summed E-state index contributed by atoms with van der Waals surface area (Å²) in [6.07, 6.45) is 8.30. The Morgan fingerprint density at radius 3 is 2.75 bits per heavy atom. The third-order valence-electron chi connectivity index (χ3n) is 5.72. The Labute approximate surface area is 145 Å². The lowest BCUT2D eigenvalue weighted by Crippen LogP contribution is -2.35. The fraction of sp³-hybridized carbons (Fsp3) is 0.550. The average Bonchev–Trinajstić information content (AvgIpc) is 3.30. The minimum Gasteiger partial charge on any atom is -0.299 e. The quantitative estimate of drug-likeness (QED) is 0.863. The van der Waals surface area contributed by atoms with Crippen LogP contribution in [0.25, 0.3) is 5.69 Å². The summed E-state index contributed by atoms with van der Waals surface area (Å²) in [5.41, 5.74) is 3.75. The first kappa shape index (κ1) is 15.9. The van der Waals surface area contributed by atoms with Gasteiger partial charge in [-0.3, -0.25) is 9.80 Å². The monoisotopic (exact) mass is 324 g/mol. The number of rotatable bonds is 4. The van der Waals surface area contributed by atoms with Crippen LogP contribution in [0.5, 0.6) is 0 Å². The summed E-state index contributed by atoms with van der Waals surface area (Å²) in [5, 5.41) is 4.59. The van der Waals surface area contributed by atoms with Gasteiger partial charge in [-0.1, -0.05) is 18.2 Å². The maximum Gasteiger partial charge on any atom is 0.0674 e. The van der Waals surface area contributed by atoms with Gasteiger partial charge in [0.2, 0.25) is 0 Å². The zero-order valence-electron chi connectivity index (χ0n) is 14.9. The second-order valence-corrected chi connectivity index (χ2v) is 7.49. The zero-order chi connectivity index (χ0) is 16.5. The lowest BCUT2D eigenvalue weighted by atomic mass is 10.2. The number of hydrogen-bond acceptors (Lipinski definition) is 3. The van der Waals surface area contributed by atoms with E-state index in [0.29, 0.717) is 6.04 Å². The molecule has 0 saturated carbocycles. The van der Waals surface area contributed by atoms with Gasteiger partial charge in [-0.25, -0.2) is 4.68 Å². The maximum absolute atomic E-state index is 4.59. The number of aromatic nitrogens is 2. The molecule has 1 aromatic heterocycles. The molecule has 0 bridgehead atoms. The van der Waals surface area contributed by atoms with Crippen LogP contribution in [0.2, 0.25) is 0 Å². The van der Waals surface area contributed by atoms with Crippen molar-refractivity contribution in [2.24, 2.45) is 0 Å². The topological polar surface area (TPSA) is 24.3 Å². The van der Waals surface area contributed by atoms with Crippen LogP contribution in [0, 0.1) is 6.92 Å². The molecular weight excluding hydrogens is 296 g/mol. The number of aryl methyl sites for hydroxylation is 1. The molecule has 2 unspecified atom stereocenters. The van der Waals surface area contributed by atoms with Crippen LogP contribution in [0.4, 0.5) is 0 Å². The van der Waals surface area contributed by atoms with Crippen molar-refractivity contribution in [1.82, 2.24) is 19.6 Å². The van der Waals surface area contributed by atoms with Crippen molar-refractivity contribution < 1.29 is 0 Å². The van der Waals surface area contributed by atoms with Crippen molar-refractivity contribution in [1.29, 1.82) is 0 Å². The number of nitrogens with zero attached hydrogens (tertiary/aromatic N) is 4. The number of benzene rings is 1. The molecule has 0 spiro atoms. The Morgan fingerprint density at radius 1 is 1.17 bits per heavy atom. The first-order chi connectivity index (χ1) is 11.7. The van der Waals surface area contributed by atoms with E-state index in [1.54, 1.807) is 0 Å². The molecule has 128 valence electrons. The molecule has 0 N–H and O–H groups in total. The predicted octanol–water partition coefficient (Wildman–Crippen LogP) is 3.24. The molecule has 3 heterocycles. The molecule has 2 aromatic rings. The summed E-state index contributed by atoms with van der Waals surface area (Å²) in [7, 11) is 0. The Kier molecular flexibility index (Phi) is 4.42. The molecule has 2 atom stereocenters.